The Labute approximate surface area is 136 Å². The number of hydrogen-bond donors (Lipinski definition) is 2. The molecule has 4 aromatic rings. The van der Waals surface area contributed by atoms with E-state index in [0.717, 1.165) is 27.3 Å². The molecule has 0 fully saturated rings. The number of aromatic carboxylic acids is 1. The molecule has 4 rings (SSSR count). The number of carboxylic acid groups (broad SMARTS) is 1. The molecule has 0 amide bonds. The average molecular weight is 316 g/mol. The zero-order valence-electron chi connectivity index (χ0n) is 12.5. The van der Waals surface area contributed by atoms with E-state index < -0.39 is 5.97 Å². The maximum atomic E-state index is 11.8. The molecule has 5 nitrogen and oxygen atoms in total. The number of nitrogens with zero attached hydrogens (tertiary/aromatic N) is 1. The van der Waals surface area contributed by atoms with Gasteiger partial charge in [-0.05, 0) is 46.2 Å². The number of aromatic amines is 1. The first-order valence-corrected chi connectivity index (χ1v) is 7.37. The maximum Gasteiger partial charge on any atom is 0.335 e. The van der Waals surface area contributed by atoms with Crippen LogP contribution in [-0.4, -0.2) is 21.3 Å². The van der Waals surface area contributed by atoms with Gasteiger partial charge in [-0.1, -0.05) is 30.3 Å². The Hall–Kier alpha value is -3.47. The summed E-state index contributed by atoms with van der Waals surface area (Å²) in [5.41, 5.74) is 1.96. The van der Waals surface area contributed by atoms with E-state index in [2.05, 4.69) is 10.2 Å². The molecule has 1 heterocycles. The lowest BCUT2D eigenvalue weighted by molar-refractivity contribution is 0.0697. The minimum Gasteiger partial charge on any atom is -0.478 e. The molecule has 0 spiro atoms. The van der Waals surface area contributed by atoms with E-state index in [1.807, 2.05) is 36.4 Å². The van der Waals surface area contributed by atoms with E-state index in [-0.39, 0.29) is 11.1 Å². The molecule has 0 aliphatic rings. The number of carbonyl (C=O) groups is 1. The summed E-state index contributed by atoms with van der Waals surface area (Å²) in [5.74, 6) is -0.946. The highest BCUT2D eigenvalue weighted by molar-refractivity contribution is 6.01. The van der Waals surface area contributed by atoms with Crippen LogP contribution in [0.5, 0.6) is 0 Å². The highest BCUT2D eigenvalue weighted by Crippen LogP contribution is 2.30. The predicted octanol–water partition coefficient (Wildman–Crippen LogP) is 3.44. The second-order valence-corrected chi connectivity index (χ2v) is 5.55. The Kier molecular flexibility index (Phi) is 3.13. The van der Waals surface area contributed by atoms with Gasteiger partial charge in [-0.25, -0.2) is 9.89 Å². The minimum atomic E-state index is -0.946. The first kappa shape index (κ1) is 14.1. The summed E-state index contributed by atoms with van der Waals surface area (Å²) >= 11 is 0. The zero-order valence-corrected chi connectivity index (χ0v) is 12.5. The molecule has 0 aliphatic carbocycles. The van der Waals surface area contributed by atoms with E-state index in [1.54, 1.807) is 24.4 Å². The molecule has 116 valence electrons. The topological polar surface area (TPSA) is 83.0 Å². The van der Waals surface area contributed by atoms with Crippen LogP contribution in [-0.2, 0) is 0 Å². The van der Waals surface area contributed by atoms with E-state index in [1.165, 1.54) is 0 Å². The van der Waals surface area contributed by atoms with Crippen LogP contribution in [0.25, 0.3) is 32.7 Å². The predicted molar refractivity (Wildman–Crippen MR) is 92.3 cm³/mol. The largest absolute Gasteiger partial charge is 0.478 e. The normalized spacial score (nSPS) is 11.0. The molecule has 0 radical (unpaired) electrons. The summed E-state index contributed by atoms with van der Waals surface area (Å²) in [7, 11) is 0. The van der Waals surface area contributed by atoms with Crippen LogP contribution in [0, 0.1) is 0 Å². The van der Waals surface area contributed by atoms with Crippen LogP contribution >= 0.6 is 0 Å². The minimum absolute atomic E-state index is 0.219. The van der Waals surface area contributed by atoms with Crippen molar-refractivity contribution < 1.29 is 9.90 Å². The highest BCUT2D eigenvalue weighted by Gasteiger charge is 2.09. The van der Waals surface area contributed by atoms with Crippen molar-refractivity contribution in [2.75, 3.05) is 0 Å². The highest BCUT2D eigenvalue weighted by atomic mass is 16.4. The Morgan fingerprint density at radius 1 is 0.958 bits per heavy atom. The van der Waals surface area contributed by atoms with Gasteiger partial charge in [0.2, 0.25) is 0 Å². The van der Waals surface area contributed by atoms with Gasteiger partial charge in [-0.2, -0.15) is 5.10 Å². The third kappa shape index (κ3) is 2.23. The molecular formula is C19H12N2O3. The molecule has 5 heteroatoms. The zero-order chi connectivity index (χ0) is 16.7. The number of fused-ring (bicyclic) bond motifs is 2. The number of H-pyrrole nitrogens is 1. The van der Waals surface area contributed by atoms with Gasteiger partial charge in [0.15, 0.2) is 0 Å². The molecule has 1 aromatic heterocycles. The summed E-state index contributed by atoms with van der Waals surface area (Å²) in [6.07, 6.45) is 1.62. The molecular weight excluding hydrogens is 304 g/mol. The first-order chi connectivity index (χ1) is 11.6. The van der Waals surface area contributed by atoms with Crippen molar-refractivity contribution >= 4 is 27.5 Å². The lowest BCUT2D eigenvalue weighted by Crippen LogP contribution is -2.06. The summed E-state index contributed by atoms with van der Waals surface area (Å²) in [6, 6.07) is 16.4. The summed E-state index contributed by atoms with van der Waals surface area (Å²) < 4.78 is 0. The Morgan fingerprint density at radius 2 is 1.79 bits per heavy atom. The number of carboxylic acids is 1. The van der Waals surface area contributed by atoms with E-state index in [9.17, 15) is 9.59 Å². The van der Waals surface area contributed by atoms with Crippen molar-refractivity contribution in [2.24, 2.45) is 0 Å². The second-order valence-electron chi connectivity index (χ2n) is 5.55. The number of hydrogen-bond acceptors (Lipinski definition) is 3. The molecule has 0 saturated heterocycles. The molecule has 2 N–H and O–H groups in total. The van der Waals surface area contributed by atoms with Crippen LogP contribution in [0.3, 0.4) is 0 Å². The molecule has 0 bridgehead atoms. The SMILES string of the molecule is O=C(O)c1ccc2c(-c3ccc4c(=O)[nH]ncc4c3)cccc2c1. The van der Waals surface area contributed by atoms with Gasteiger partial charge < -0.3 is 5.11 Å². The molecule has 0 aliphatic heterocycles. The van der Waals surface area contributed by atoms with Crippen molar-refractivity contribution in [3.63, 3.8) is 0 Å². The van der Waals surface area contributed by atoms with E-state index in [4.69, 9.17) is 5.11 Å². The van der Waals surface area contributed by atoms with Crippen LogP contribution in [0.1, 0.15) is 10.4 Å². The fraction of sp³-hybridized carbons (Fsp3) is 0. The lowest BCUT2D eigenvalue weighted by Gasteiger charge is -2.08. The van der Waals surface area contributed by atoms with Crippen molar-refractivity contribution in [3.8, 4) is 11.1 Å². The van der Waals surface area contributed by atoms with Crippen molar-refractivity contribution in [2.45, 2.75) is 0 Å². The Morgan fingerprint density at radius 3 is 2.62 bits per heavy atom. The van der Waals surface area contributed by atoms with E-state index >= 15 is 0 Å². The van der Waals surface area contributed by atoms with E-state index in [0.29, 0.717) is 5.39 Å². The standard InChI is InChI=1S/C19H12N2O3/c22-18-17-7-4-12(9-14(17)10-20-21-18)15-3-1-2-11-8-13(19(23)24)5-6-16(11)15/h1-10H,(H,21,22)(H,23,24). The third-order valence-corrected chi connectivity index (χ3v) is 4.10. The number of benzene rings is 3. The maximum absolute atomic E-state index is 11.8. The van der Waals surface area contributed by atoms with Gasteiger partial charge in [-0.3, -0.25) is 4.79 Å². The first-order valence-electron chi connectivity index (χ1n) is 7.37. The fourth-order valence-corrected chi connectivity index (χ4v) is 2.93. The number of nitrogens with one attached hydrogen (secondary N) is 1. The summed E-state index contributed by atoms with van der Waals surface area (Å²) in [6.45, 7) is 0. The van der Waals surface area contributed by atoms with Crippen LogP contribution in [0.4, 0.5) is 0 Å². The number of rotatable bonds is 2. The monoisotopic (exact) mass is 316 g/mol. The van der Waals surface area contributed by atoms with Gasteiger partial charge in [0, 0.05) is 5.39 Å². The third-order valence-electron chi connectivity index (χ3n) is 4.10. The summed E-state index contributed by atoms with van der Waals surface area (Å²) in [4.78, 5) is 22.9. The van der Waals surface area contributed by atoms with Crippen LogP contribution < -0.4 is 5.56 Å². The van der Waals surface area contributed by atoms with Crippen molar-refractivity contribution in [3.05, 3.63) is 76.7 Å². The lowest BCUT2D eigenvalue weighted by atomic mass is 9.96. The molecule has 3 aromatic carbocycles. The van der Waals surface area contributed by atoms with Crippen molar-refractivity contribution in [1.82, 2.24) is 10.2 Å². The second kappa shape index (κ2) is 5.31. The Balaban J connectivity index is 1.96. The molecule has 24 heavy (non-hydrogen) atoms. The smallest absolute Gasteiger partial charge is 0.335 e. The van der Waals surface area contributed by atoms with Gasteiger partial charge >= 0.3 is 5.97 Å². The fourth-order valence-electron chi connectivity index (χ4n) is 2.93. The van der Waals surface area contributed by atoms with Crippen molar-refractivity contribution in [1.29, 1.82) is 0 Å². The van der Waals surface area contributed by atoms with Gasteiger partial charge in [-0.15, -0.1) is 0 Å². The number of aromatic nitrogens is 2. The molecule has 0 unspecified atom stereocenters. The Bertz CT molecular complexity index is 1160. The summed E-state index contributed by atoms with van der Waals surface area (Å²) in [5, 5.41) is 18.6. The van der Waals surface area contributed by atoms with Gasteiger partial charge in [0.25, 0.3) is 5.56 Å². The average Bonchev–Trinajstić information content (AvgIpc) is 2.60. The molecule has 0 atom stereocenters. The van der Waals surface area contributed by atoms with Crippen LogP contribution in [0.2, 0.25) is 0 Å². The molecule has 0 saturated carbocycles. The van der Waals surface area contributed by atoms with Gasteiger partial charge in [0.1, 0.15) is 0 Å². The van der Waals surface area contributed by atoms with Crippen LogP contribution in [0.15, 0.2) is 65.6 Å². The quantitative estimate of drug-likeness (QED) is 0.593. The van der Waals surface area contributed by atoms with Gasteiger partial charge in [0.05, 0.1) is 17.1 Å².